The van der Waals surface area contributed by atoms with Crippen LogP contribution in [0.1, 0.15) is 11.1 Å². The van der Waals surface area contributed by atoms with E-state index in [1.54, 1.807) is 34.5 Å². The average molecular weight is 487 g/mol. The van der Waals surface area contributed by atoms with E-state index in [2.05, 4.69) is 15.5 Å². The molecular formula is C25H17ClN5O2S-. The molecule has 2 aromatic heterocycles. The minimum atomic E-state index is -2.69. The highest BCUT2D eigenvalue weighted by Gasteiger charge is 2.17. The summed E-state index contributed by atoms with van der Waals surface area (Å²) in [5, 5.41) is 11.0. The molecule has 0 saturated carbocycles. The van der Waals surface area contributed by atoms with Crippen molar-refractivity contribution in [3.05, 3.63) is 88.6 Å². The molecule has 3 aromatic carbocycles. The number of benzene rings is 3. The second-order valence-electron chi connectivity index (χ2n) is 7.85. The maximum absolute atomic E-state index is 11.6. The van der Waals surface area contributed by atoms with Gasteiger partial charge in [0, 0.05) is 17.5 Å². The molecule has 0 fully saturated rings. The lowest BCUT2D eigenvalue weighted by atomic mass is 10.0. The van der Waals surface area contributed by atoms with E-state index < -0.39 is 11.3 Å². The molecule has 0 aliphatic carbocycles. The Morgan fingerprint density at radius 2 is 1.82 bits per heavy atom. The van der Waals surface area contributed by atoms with Gasteiger partial charge in [0.05, 0.1) is 51.3 Å². The van der Waals surface area contributed by atoms with Gasteiger partial charge in [-0.3, -0.25) is 9.55 Å². The Morgan fingerprint density at radius 3 is 2.53 bits per heavy atom. The van der Waals surface area contributed by atoms with Crippen molar-refractivity contribution >= 4 is 44.8 Å². The molecule has 5 aromatic rings. The third-order valence-electron chi connectivity index (χ3n) is 5.82. The molecule has 5 rings (SSSR count). The van der Waals surface area contributed by atoms with Crippen LogP contribution in [0.25, 0.3) is 38.8 Å². The first-order valence-corrected chi connectivity index (χ1v) is 11.7. The SMILES string of the molecule is Cc1ccc(C#N)cc1-n1c(=NS(=O)[O-])n(C)c2cnc3ccc(-c4ccc(Cl)cc4)cc3c21. The Balaban J connectivity index is 1.96. The summed E-state index contributed by atoms with van der Waals surface area (Å²) in [6.45, 7) is 1.91. The minimum absolute atomic E-state index is 0.202. The zero-order chi connectivity index (χ0) is 24.0. The monoisotopic (exact) mass is 486 g/mol. The quantitative estimate of drug-likeness (QED) is 0.345. The number of nitriles is 1. The highest BCUT2D eigenvalue weighted by molar-refractivity contribution is 7.77. The second-order valence-corrected chi connectivity index (χ2v) is 8.90. The van der Waals surface area contributed by atoms with E-state index in [-0.39, 0.29) is 5.62 Å². The molecule has 34 heavy (non-hydrogen) atoms. The van der Waals surface area contributed by atoms with E-state index in [0.29, 0.717) is 21.8 Å². The maximum Gasteiger partial charge on any atom is 0.223 e. The molecule has 0 radical (unpaired) electrons. The molecule has 0 aliphatic rings. The van der Waals surface area contributed by atoms with Crippen LogP contribution in [0.3, 0.4) is 0 Å². The van der Waals surface area contributed by atoms with Gasteiger partial charge < -0.3 is 9.12 Å². The molecule has 1 unspecified atom stereocenters. The number of rotatable bonds is 3. The first kappa shape index (κ1) is 22.0. The number of hydrogen-bond donors (Lipinski definition) is 0. The normalized spacial score (nSPS) is 12.9. The predicted octanol–water partition coefficient (Wildman–Crippen LogP) is 4.71. The molecule has 0 saturated heterocycles. The molecule has 7 nitrogen and oxygen atoms in total. The standard InChI is InChI=1S/C25H18ClN5O2S/c1-15-3-4-16(13-27)11-22(15)31-24-20-12-18(17-5-8-19(26)9-6-17)7-10-21(20)28-14-23(24)30(2)25(31)29-34(32)33/h3-12,14H,1-2H3,(H,32,33)/p-1. The highest BCUT2D eigenvalue weighted by atomic mass is 35.5. The summed E-state index contributed by atoms with van der Waals surface area (Å²) < 4.78 is 30.6. The molecule has 0 N–H and O–H groups in total. The fourth-order valence-corrected chi connectivity index (χ4v) is 4.61. The number of halogens is 1. The van der Waals surface area contributed by atoms with Crippen molar-refractivity contribution in [3.8, 4) is 22.9 Å². The van der Waals surface area contributed by atoms with Crippen molar-refractivity contribution in [2.75, 3.05) is 0 Å². The lowest BCUT2D eigenvalue weighted by Gasteiger charge is -2.12. The number of imidazole rings is 1. The minimum Gasteiger partial charge on any atom is -0.754 e. The third-order valence-corrected chi connectivity index (χ3v) is 6.38. The van der Waals surface area contributed by atoms with Crippen LogP contribution in [0.5, 0.6) is 0 Å². The first-order valence-electron chi connectivity index (χ1n) is 10.3. The number of nitrogens with zero attached hydrogens (tertiary/aromatic N) is 5. The van der Waals surface area contributed by atoms with Gasteiger partial charge in [-0.2, -0.15) is 9.66 Å². The summed E-state index contributed by atoms with van der Waals surface area (Å²) in [6, 6.07) is 20.9. The van der Waals surface area contributed by atoms with Crippen LogP contribution in [-0.2, 0) is 18.3 Å². The predicted molar refractivity (Wildman–Crippen MR) is 132 cm³/mol. The van der Waals surface area contributed by atoms with Gasteiger partial charge in [-0.15, -0.1) is 0 Å². The molecule has 9 heteroatoms. The van der Waals surface area contributed by atoms with Gasteiger partial charge in [-0.25, -0.2) is 4.21 Å². The van der Waals surface area contributed by atoms with E-state index in [1.165, 1.54) is 0 Å². The largest absolute Gasteiger partial charge is 0.754 e. The summed E-state index contributed by atoms with van der Waals surface area (Å²) in [6.07, 6.45) is 1.70. The molecule has 0 amide bonds. The van der Waals surface area contributed by atoms with Crippen LogP contribution >= 0.6 is 11.6 Å². The summed E-state index contributed by atoms with van der Waals surface area (Å²) in [7, 11) is 1.74. The van der Waals surface area contributed by atoms with Gasteiger partial charge in [0.15, 0.2) is 0 Å². The summed E-state index contributed by atoms with van der Waals surface area (Å²) in [5.41, 5.74) is 6.32. The molecule has 0 spiro atoms. The van der Waals surface area contributed by atoms with E-state index in [4.69, 9.17) is 11.6 Å². The van der Waals surface area contributed by atoms with Crippen LogP contribution in [-0.4, -0.2) is 22.9 Å². The maximum atomic E-state index is 11.6. The zero-order valence-electron chi connectivity index (χ0n) is 18.2. The van der Waals surface area contributed by atoms with Crippen molar-refractivity contribution in [1.29, 1.82) is 5.26 Å². The smallest absolute Gasteiger partial charge is 0.223 e. The molecule has 0 bridgehead atoms. The van der Waals surface area contributed by atoms with Crippen LogP contribution in [0.4, 0.5) is 0 Å². The number of aryl methyl sites for hydroxylation is 2. The van der Waals surface area contributed by atoms with Crippen molar-refractivity contribution in [2.45, 2.75) is 6.92 Å². The summed E-state index contributed by atoms with van der Waals surface area (Å²) in [5.74, 6) is 0. The van der Waals surface area contributed by atoms with E-state index >= 15 is 0 Å². The van der Waals surface area contributed by atoms with Crippen LogP contribution in [0.2, 0.25) is 5.02 Å². The summed E-state index contributed by atoms with van der Waals surface area (Å²) in [4.78, 5) is 4.60. The highest BCUT2D eigenvalue weighted by Crippen LogP contribution is 2.31. The number of hydrogen-bond acceptors (Lipinski definition) is 4. The number of aromatic nitrogens is 3. The van der Waals surface area contributed by atoms with Crippen LogP contribution in [0.15, 0.2) is 71.3 Å². The van der Waals surface area contributed by atoms with Gasteiger partial charge >= 0.3 is 0 Å². The van der Waals surface area contributed by atoms with Crippen LogP contribution < -0.4 is 5.62 Å². The van der Waals surface area contributed by atoms with Crippen molar-refractivity contribution in [1.82, 2.24) is 14.1 Å². The Kier molecular flexibility index (Phi) is 5.54. The first-order chi connectivity index (χ1) is 16.4. The van der Waals surface area contributed by atoms with Gasteiger partial charge in [0.2, 0.25) is 5.62 Å². The van der Waals surface area contributed by atoms with Gasteiger partial charge in [0.1, 0.15) is 0 Å². The summed E-state index contributed by atoms with van der Waals surface area (Å²) >= 11 is 3.38. The van der Waals surface area contributed by atoms with Crippen molar-refractivity contribution in [2.24, 2.45) is 11.4 Å². The van der Waals surface area contributed by atoms with Crippen LogP contribution in [0, 0.1) is 18.3 Å². The molecular weight excluding hydrogens is 470 g/mol. The Labute approximate surface area is 202 Å². The lowest BCUT2D eigenvalue weighted by molar-refractivity contribution is 0.536. The Morgan fingerprint density at radius 1 is 1.09 bits per heavy atom. The number of pyridine rings is 1. The molecule has 168 valence electrons. The van der Waals surface area contributed by atoms with E-state index in [9.17, 15) is 14.0 Å². The van der Waals surface area contributed by atoms with Crippen molar-refractivity contribution in [3.63, 3.8) is 0 Å². The lowest BCUT2D eigenvalue weighted by Crippen LogP contribution is -2.24. The van der Waals surface area contributed by atoms with E-state index in [1.807, 2.05) is 55.5 Å². The topological polar surface area (TPSA) is 99.0 Å². The third kappa shape index (κ3) is 3.70. The van der Waals surface area contributed by atoms with Gasteiger partial charge in [0.25, 0.3) is 0 Å². The fourth-order valence-electron chi connectivity index (χ4n) is 4.14. The van der Waals surface area contributed by atoms with E-state index in [0.717, 1.165) is 33.1 Å². The second kappa shape index (κ2) is 8.54. The molecule has 2 heterocycles. The molecule has 1 atom stereocenters. The average Bonchev–Trinajstić information content (AvgIpc) is 3.11. The Hall–Kier alpha value is -3.77. The van der Waals surface area contributed by atoms with Gasteiger partial charge in [-0.1, -0.05) is 35.9 Å². The zero-order valence-corrected chi connectivity index (χ0v) is 19.8. The number of fused-ring (bicyclic) bond motifs is 3. The van der Waals surface area contributed by atoms with Crippen molar-refractivity contribution < 1.29 is 8.76 Å². The fraction of sp³-hybridized carbons (Fsp3) is 0.0800. The van der Waals surface area contributed by atoms with Gasteiger partial charge in [-0.05, 0) is 60.0 Å². The Bertz CT molecular complexity index is 1730. The molecule has 0 aliphatic heterocycles.